The number of carbonyl (C=O) groups excluding carboxylic acids is 2. The van der Waals surface area contributed by atoms with Gasteiger partial charge in [0, 0.05) is 50.8 Å². The number of rotatable bonds is 4. The summed E-state index contributed by atoms with van der Waals surface area (Å²) in [6.45, 7) is 3.50. The Balaban J connectivity index is 1.18. The van der Waals surface area contributed by atoms with Gasteiger partial charge in [0.1, 0.15) is 11.8 Å². The van der Waals surface area contributed by atoms with Gasteiger partial charge in [-0.3, -0.25) is 14.6 Å². The minimum Gasteiger partial charge on any atom is -0.389 e. The lowest BCUT2D eigenvalue weighted by Gasteiger charge is -2.44. The van der Waals surface area contributed by atoms with Crippen LogP contribution in [0, 0.1) is 0 Å². The normalized spacial score (nSPS) is 27.1. The molecule has 2 aromatic rings. The number of hydrogen-bond acceptors (Lipinski definition) is 8. The Morgan fingerprint density at radius 3 is 2.58 bits per heavy atom. The average molecular weight is 496 g/mol. The second kappa shape index (κ2) is 11.3. The molecule has 1 aromatic carbocycles. The van der Waals surface area contributed by atoms with E-state index in [9.17, 15) is 14.7 Å². The van der Waals surface area contributed by atoms with Crippen LogP contribution >= 0.6 is 0 Å². The molecule has 1 aromatic heterocycles. The number of fused-ring (bicyclic) bond motifs is 1. The molecule has 0 spiro atoms. The standard InChI is InChI=1S/C26H33N5O5/c32-20-16-31(26(34)22-15-27-8-9-28-22)23-7-6-21(36-24(23)18-35-17-20)14-25(33)30-12-10-29(11-13-30)19-4-2-1-3-5-19/h1-5,8-9,15,20-21,23-24,32H,6-7,10-14,16-18H2/t20-,21-,23-,24+/m0/s1. The predicted octanol–water partition coefficient (Wildman–Crippen LogP) is 0.965. The van der Waals surface area contributed by atoms with Gasteiger partial charge in [0.15, 0.2) is 0 Å². The molecule has 192 valence electrons. The number of aromatic nitrogens is 2. The van der Waals surface area contributed by atoms with E-state index in [1.54, 1.807) is 4.90 Å². The van der Waals surface area contributed by atoms with Crippen molar-refractivity contribution >= 4 is 17.5 Å². The van der Waals surface area contributed by atoms with Crippen molar-refractivity contribution in [2.45, 2.75) is 43.6 Å². The van der Waals surface area contributed by atoms with Gasteiger partial charge in [-0.15, -0.1) is 0 Å². The summed E-state index contributed by atoms with van der Waals surface area (Å²) in [5.74, 6) is -0.186. The van der Waals surface area contributed by atoms with Crippen molar-refractivity contribution in [1.82, 2.24) is 19.8 Å². The first-order valence-corrected chi connectivity index (χ1v) is 12.6. The first kappa shape index (κ1) is 24.6. The van der Waals surface area contributed by atoms with Crippen molar-refractivity contribution < 1.29 is 24.2 Å². The zero-order valence-electron chi connectivity index (χ0n) is 20.3. The second-order valence-electron chi connectivity index (χ2n) is 9.59. The molecule has 10 heteroatoms. The van der Waals surface area contributed by atoms with Crippen molar-refractivity contribution in [3.05, 3.63) is 54.6 Å². The van der Waals surface area contributed by atoms with Crippen LogP contribution in [0.15, 0.2) is 48.9 Å². The zero-order valence-corrected chi connectivity index (χ0v) is 20.3. The summed E-state index contributed by atoms with van der Waals surface area (Å²) < 4.78 is 12.0. The van der Waals surface area contributed by atoms with E-state index in [-0.39, 0.29) is 55.5 Å². The summed E-state index contributed by atoms with van der Waals surface area (Å²) >= 11 is 0. The van der Waals surface area contributed by atoms with Gasteiger partial charge < -0.3 is 29.3 Å². The number of ether oxygens (including phenoxy) is 2. The van der Waals surface area contributed by atoms with Crippen LogP contribution in [0.25, 0.3) is 0 Å². The topological polar surface area (TPSA) is 108 Å². The van der Waals surface area contributed by atoms with E-state index < -0.39 is 6.10 Å². The number of aliphatic hydroxyl groups is 1. The summed E-state index contributed by atoms with van der Waals surface area (Å²) in [5.41, 5.74) is 1.41. The highest BCUT2D eigenvalue weighted by atomic mass is 16.5. The minimum absolute atomic E-state index is 0.0980. The monoisotopic (exact) mass is 495 g/mol. The Bertz CT molecular complexity index is 1020. The van der Waals surface area contributed by atoms with Gasteiger partial charge in [-0.25, -0.2) is 4.98 Å². The van der Waals surface area contributed by atoms with Gasteiger partial charge in [0.2, 0.25) is 5.91 Å². The van der Waals surface area contributed by atoms with E-state index in [1.165, 1.54) is 24.3 Å². The molecule has 0 saturated carbocycles. The molecule has 5 rings (SSSR count). The quantitative estimate of drug-likeness (QED) is 0.669. The van der Waals surface area contributed by atoms with Crippen LogP contribution in [-0.2, 0) is 14.3 Å². The van der Waals surface area contributed by atoms with Crippen LogP contribution in [0.5, 0.6) is 0 Å². The van der Waals surface area contributed by atoms with E-state index in [1.807, 2.05) is 23.1 Å². The lowest BCUT2D eigenvalue weighted by atomic mass is 9.94. The van der Waals surface area contributed by atoms with Gasteiger partial charge in [-0.1, -0.05) is 18.2 Å². The highest BCUT2D eigenvalue weighted by molar-refractivity contribution is 5.92. The number of anilines is 1. The molecule has 3 aliphatic rings. The number of piperazine rings is 1. The number of hydrogen-bond donors (Lipinski definition) is 1. The minimum atomic E-state index is -0.791. The summed E-state index contributed by atoms with van der Waals surface area (Å²) in [5, 5.41) is 10.3. The Kier molecular flexibility index (Phi) is 7.74. The molecule has 0 radical (unpaired) electrons. The Hall–Kier alpha value is -3.08. The molecule has 4 atom stereocenters. The summed E-state index contributed by atoms with van der Waals surface area (Å²) in [6, 6.07) is 9.99. The Morgan fingerprint density at radius 2 is 1.83 bits per heavy atom. The fourth-order valence-corrected chi connectivity index (χ4v) is 5.31. The molecule has 0 aliphatic carbocycles. The van der Waals surface area contributed by atoms with Crippen molar-refractivity contribution in [3.63, 3.8) is 0 Å². The highest BCUT2D eigenvalue weighted by Crippen LogP contribution is 2.29. The van der Waals surface area contributed by atoms with Crippen LogP contribution < -0.4 is 4.90 Å². The highest BCUT2D eigenvalue weighted by Gasteiger charge is 2.41. The molecule has 0 unspecified atom stereocenters. The molecule has 3 saturated heterocycles. The molecule has 3 aliphatic heterocycles. The molecule has 2 amide bonds. The summed E-state index contributed by atoms with van der Waals surface area (Å²) in [7, 11) is 0. The number of β-amino-alcohol motifs (C(OH)–C–C–N with tert-alkyl or cyclic N) is 1. The summed E-state index contributed by atoms with van der Waals surface area (Å²) in [4.78, 5) is 40.3. The number of carbonyl (C=O) groups is 2. The average Bonchev–Trinajstić information content (AvgIpc) is 2.92. The number of benzene rings is 1. The smallest absolute Gasteiger partial charge is 0.274 e. The number of nitrogens with zero attached hydrogens (tertiary/aromatic N) is 5. The van der Waals surface area contributed by atoms with Crippen LogP contribution in [-0.4, -0.2) is 107 Å². The number of amides is 2. The van der Waals surface area contributed by atoms with E-state index in [4.69, 9.17) is 9.47 Å². The molecular weight excluding hydrogens is 462 g/mol. The van der Waals surface area contributed by atoms with E-state index in [2.05, 4.69) is 27.0 Å². The van der Waals surface area contributed by atoms with E-state index >= 15 is 0 Å². The fourth-order valence-electron chi connectivity index (χ4n) is 5.31. The third-order valence-corrected chi connectivity index (χ3v) is 7.18. The zero-order chi connectivity index (χ0) is 24.9. The molecule has 4 heterocycles. The van der Waals surface area contributed by atoms with Gasteiger partial charge >= 0.3 is 0 Å². The van der Waals surface area contributed by atoms with Gasteiger partial charge in [-0.2, -0.15) is 0 Å². The Labute approximate surface area is 210 Å². The van der Waals surface area contributed by atoms with Gasteiger partial charge in [0.25, 0.3) is 5.91 Å². The SMILES string of the molecule is O=C(C[C@@H]1CC[C@H]2[C@@H](COC[C@@H](O)CN2C(=O)c2cnccn2)O1)N1CCN(c2ccccc2)CC1. The van der Waals surface area contributed by atoms with Crippen molar-refractivity contribution in [1.29, 1.82) is 0 Å². The maximum atomic E-state index is 13.2. The van der Waals surface area contributed by atoms with Crippen molar-refractivity contribution in [2.75, 3.05) is 50.8 Å². The van der Waals surface area contributed by atoms with Crippen LogP contribution in [0.1, 0.15) is 29.8 Å². The molecule has 10 nitrogen and oxygen atoms in total. The van der Waals surface area contributed by atoms with Crippen LogP contribution in [0.3, 0.4) is 0 Å². The third kappa shape index (κ3) is 5.66. The van der Waals surface area contributed by atoms with E-state index in [0.717, 1.165) is 13.1 Å². The number of para-hydroxylation sites is 1. The molecule has 3 fully saturated rings. The Morgan fingerprint density at radius 1 is 1.03 bits per heavy atom. The van der Waals surface area contributed by atoms with Gasteiger partial charge in [0.05, 0.1) is 44.1 Å². The fraction of sp³-hybridized carbons (Fsp3) is 0.538. The van der Waals surface area contributed by atoms with Crippen molar-refractivity contribution in [3.8, 4) is 0 Å². The first-order valence-electron chi connectivity index (χ1n) is 12.6. The maximum Gasteiger partial charge on any atom is 0.274 e. The maximum absolute atomic E-state index is 13.2. The van der Waals surface area contributed by atoms with Crippen molar-refractivity contribution in [2.24, 2.45) is 0 Å². The van der Waals surface area contributed by atoms with E-state index in [0.29, 0.717) is 32.4 Å². The molecular formula is C26H33N5O5. The first-order chi connectivity index (χ1) is 17.6. The number of aliphatic hydroxyl groups excluding tert-OH is 1. The molecule has 36 heavy (non-hydrogen) atoms. The predicted molar refractivity (Wildman–Crippen MR) is 131 cm³/mol. The largest absolute Gasteiger partial charge is 0.389 e. The summed E-state index contributed by atoms with van der Waals surface area (Å²) in [6.07, 6.45) is 4.66. The lowest BCUT2D eigenvalue weighted by Crippen LogP contribution is -2.58. The second-order valence-corrected chi connectivity index (χ2v) is 9.59. The van der Waals surface area contributed by atoms with Crippen LogP contribution in [0.2, 0.25) is 0 Å². The van der Waals surface area contributed by atoms with Gasteiger partial charge in [-0.05, 0) is 25.0 Å². The molecule has 0 bridgehead atoms. The lowest BCUT2D eigenvalue weighted by molar-refractivity contribution is -0.155. The third-order valence-electron chi connectivity index (χ3n) is 7.18. The molecule has 1 N–H and O–H groups in total. The van der Waals surface area contributed by atoms with Crippen LogP contribution in [0.4, 0.5) is 5.69 Å².